The summed E-state index contributed by atoms with van der Waals surface area (Å²) >= 11 is 0. The lowest BCUT2D eigenvalue weighted by Gasteiger charge is -2.08. The van der Waals surface area contributed by atoms with Gasteiger partial charge in [0.25, 0.3) is 10.2 Å². The van der Waals surface area contributed by atoms with E-state index in [0.29, 0.717) is 25.4 Å². The molecule has 0 aliphatic carbocycles. The maximum atomic E-state index is 11.3. The molecule has 102 valence electrons. The molecule has 0 spiro atoms. The maximum absolute atomic E-state index is 11.3. The molecule has 1 rings (SSSR count). The number of hydrogen-bond donors (Lipinski definition) is 2. The predicted octanol–water partition coefficient (Wildman–Crippen LogP) is 1.80. The van der Waals surface area contributed by atoms with E-state index in [1.807, 2.05) is 0 Å². The van der Waals surface area contributed by atoms with Crippen LogP contribution in [0.15, 0.2) is 24.3 Å². The Kier molecular flexibility index (Phi) is 5.78. The first-order valence-corrected chi connectivity index (χ1v) is 7.76. The maximum Gasteiger partial charge on any atom is 0.276 e. The van der Waals surface area contributed by atoms with Crippen LogP contribution in [0.2, 0.25) is 0 Å². The van der Waals surface area contributed by atoms with Crippen molar-refractivity contribution in [1.29, 1.82) is 0 Å². The summed E-state index contributed by atoms with van der Waals surface area (Å²) in [6, 6.07) is 8.30. The number of nitrogens with one attached hydrogen (secondary N) is 2. The highest BCUT2D eigenvalue weighted by Gasteiger charge is 2.06. The van der Waals surface area contributed by atoms with Crippen LogP contribution in [-0.4, -0.2) is 21.5 Å². The number of hydrogen-bond acceptors (Lipinski definition) is 2. The predicted molar refractivity (Wildman–Crippen MR) is 74.8 cm³/mol. The first kappa shape index (κ1) is 15.1. The molecule has 0 aromatic heterocycles. The van der Waals surface area contributed by atoms with E-state index in [-0.39, 0.29) is 0 Å². The summed E-state index contributed by atoms with van der Waals surface area (Å²) in [5.41, 5.74) is 2.44. The van der Waals surface area contributed by atoms with Crippen molar-refractivity contribution in [1.82, 2.24) is 9.44 Å². The van der Waals surface area contributed by atoms with E-state index >= 15 is 0 Å². The van der Waals surface area contributed by atoms with Crippen molar-refractivity contribution in [2.45, 2.75) is 33.1 Å². The van der Waals surface area contributed by atoms with Crippen molar-refractivity contribution in [2.75, 3.05) is 13.1 Å². The Labute approximate surface area is 110 Å². The largest absolute Gasteiger partial charge is 0.276 e. The molecule has 0 bridgehead atoms. The van der Waals surface area contributed by atoms with Gasteiger partial charge in [0.2, 0.25) is 0 Å². The van der Waals surface area contributed by atoms with Gasteiger partial charge in [-0.25, -0.2) is 9.44 Å². The SMILES string of the molecule is CCNS(=O)(=O)NCCc1ccc(C(C)C)cc1. The third-order valence-corrected chi connectivity index (χ3v) is 3.94. The lowest BCUT2D eigenvalue weighted by Crippen LogP contribution is -2.37. The van der Waals surface area contributed by atoms with Gasteiger partial charge in [-0.3, -0.25) is 0 Å². The third-order valence-electron chi connectivity index (χ3n) is 2.69. The van der Waals surface area contributed by atoms with Gasteiger partial charge in [0.1, 0.15) is 0 Å². The molecule has 0 fully saturated rings. The highest BCUT2D eigenvalue weighted by atomic mass is 32.2. The van der Waals surface area contributed by atoms with Gasteiger partial charge in [-0.15, -0.1) is 0 Å². The summed E-state index contributed by atoms with van der Waals surface area (Å²) in [7, 11) is -3.32. The molecule has 5 heteroatoms. The monoisotopic (exact) mass is 270 g/mol. The van der Waals surface area contributed by atoms with Crippen LogP contribution in [0.4, 0.5) is 0 Å². The molecule has 18 heavy (non-hydrogen) atoms. The fourth-order valence-corrected chi connectivity index (χ4v) is 2.49. The van der Waals surface area contributed by atoms with E-state index < -0.39 is 10.2 Å². The normalized spacial score (nSPS) is 12.0. The van der Waals surface area contributed by atoms with Crippen molar-refractivity contribution >= 4 is 10.2 Å². The van der Waals surface area contributed by atoms with Crippen molar-refractivity contribution in [2.24, 2.45) is 0 Å². The van der Waals surface area contributed by atoms with E-state index in [9.17, 15) is 8.42 Å². The summed E-state index contributed by atoms with van der Waals surface area (Å²) in [6.45, 7) is 6.87. The van der Waals surface area contributed by atoms with Gasteiger partial charge in [0.05, 0.1) is 0 Å². The molecule has 0 amide bonds. The fraction of sp³-hybridized carbons (Fsp3) is 0.538. The number of rotatable bonds is 7. The number of benzene rings is 1. The van der Waals surface area contributed by atoms with Crippen molar-refractivity contribution in [3.8, 4) is 0 Å². The average molecular weight is 270 g/mol. The van der Waals surface area contributed by atoms with Gasteiger partial charge in [-0.2, -0.15) is 8.42 Å². The molecule has 4 nitrogen and oxygen atoms in total. The molecule has 0 saturated heterocycles. The van der Waals surface area contributed by atoms with Crippen molar-refractivity contribution in [3.63, 3.8) is 0 Å². The minimum Gasteiger partial charge on any atom is -0.203 e. The van der Waals surface area contributed by atoms with Crippen LogP contribution in [0.25, 0.3) is 0 Å². The van der Waals surface area contributed by atoms with E-state index in [1.165, 1.54) is 5.56 Å². The second-order valence-electron chi connectivity index (χ2n) is 4.54. The molecule has 0 unspecified atom stereocenters. The summed E-state index contributed by atoms with van der Waals surface area (Å²) < 4.78 is 27.6. The van der Waals surface area contributed by atoms with E-state index in [1.54, 1.807) is 6.92 Å². The molecule has 0 atom stereocenters. The second-order valence-corrected chi connectivity index (χ2v) is 6.13. The molecule has 1 aromatic carbocycles. The lowest BCUT2D eigenvalue weighted by molar-refractivity contribution is 0.569. The Balaban J connectivity index is 2.45. The molecule has 1 aromatic rings. The van der Waals surface area contributed by atoms with Crippen LogP contribution >= 0.6 is 0 Å². The fourth-order valence-electron chi connectivity index (χ4n) is 1.64. The Bertz CT molecular complexity index is 452. The van der Waals surface area contributed by atoms with E-state index in [0.717, 1.165) is 5.56 Å². The van der Waals surface area contributed by atoms with Gasteiger partial charge in [-0.1, -0.05) is 45.0 Å². The topological polar surface area (TPSA) is 58.2 Å². The summed E-state index contributed by atoms with van der Waals surface area (Å²) in [6.07, 6.45) is 0.697. The van der Waals surface area contributed by atoms with Crippen molar-refractivity contribution in [3.05, 3.63) is 35.4 Å². The summed E-state index contributed by atoms with van der Waals surface area (Å²) in [4.78, 5) is 0. The van der Waals surface area contributed by atoms with Crippen LogP contribution in [0.1, 0.15) is 37.8 Å². The van der Waals surface area contributed by atoms with E-state index in [4.69, 9.17) is 0 Å². The lowest BCUT2D eigenvalue weighted by atomic mass is 10.0. The standard InChI is InChI=1S/C13H22N2O2S/c1-4-14-18(16,17)15-10-9-12-5-7-13(8-6-12)11(2)3/h5-8,11,14-15H,4,9-10H2,1-3H3. The van der Waals surface area contributed by atoms with Gasteiger partial charge in [0, 0.05) is 13.1 Å². The zero-order valence-corrected chi connectivity index (χ0v) is 12.0. The Morgan fingerprint density at radius 1 is 1.11 bits per heavy atom. The van der Waals surface area contributed by atoms with Crippen molar-refractivity contribution < 1.29 is 8.42 Å². The molecule has 0 aliphatic rings. The van der Waals surface area contributed by atoms with Crippen LogP contribution < -0.4 is 9.44 Å². The highest BCUT2D eigenvalue weighted by Crippen LogP contribution is 2.14. The van der Waals surface area contributed by atoms with Gasteiger partial charge in [0.15, 0.2) is 0 Å². The van der Waals surface area contributed by atoms with Crippen LogP contribution in [0.3, 0.4) is 0 Å². The first-order chi connectivity index (χ1) is 8.44. The third kappa shape index (κ3) is 5.16. The van der Waals surface area contributed by atoms with Crippen LogP contribution in [-0.2, 0) is 16.6 Å². The zero-order chi connectivity index (χ0) is 13.6. The Morgan fingerprint density at radius 2 is 1.72 bits per heavy atom. The minimum atomic E-state index is -3.32. The molecule has 0 aliphatic heterocycles. The molecular weight excluding hydrogens is 248 g/mol. The zero-order valence-electron chi connectivity index (χ0n) is 11.2. The Morgan fingerprint density at radius 3 is 2.22 bits per heavy atom. The molecule has 0 heterocycles. The minimum absolute atomic E-state index is 0.401. The van der Waals surface area contributed by atoms with Crippen LogP contribution in [0.5, 0.6) is 0 Å². The highest BCUT2D eigenvalue weighted by molar-refractivity contribution is 7.87. The molecular formula is C13H22N2O2S. The van der Waals surface area contributed by atoms with Crippen LogP contribution in [0, 0.1) is 0 Å². The van der Waals surface area contributed by atoms with Gasteiger partial charge >= 0.3 is 0 Å². The quantitative estimate of drug-likeness (QED) is 0.793. The van der Waals surface area contributed by atoms with E-state index in [2.05, 4.69) is 47.6 Å². The average Bonchev–Trinajstić information content (AvgIpc) is 2.29. The summed E-state index contributed by atoms with van der Waals surface area (Å²) in [5.74, 6) is 0.520. The Hall–Kier alpha value is -0.910. The molecule has 0 radical (unpaired) electrons. The first-order valence-electron chi connectivity index (χ1n) is 6.27. The molecule has 2 N–H and O–H groups in total. The molecule has 0 saturated carbocycles. The second kappa shape index (κ2) is 6.87. The van der Waals surface area contributed by atoms with Gasteiger partial charge < -0.3 is 0 Å². The van der Waals surface area contributed by atoms with Gasteiger partial charge in [-0.05, 0) is 23.5 Å². The smallest absolute Gasteiger partial charge is 0.203 e. The summed E-state index contributed by atoms with van der Waals surface area (Å²) in [5, 5.41) is 0.